The molecular weight excluding hydrogens is 599 g/mol. The number of carbonyl (C=O) groups excluding carboxylic acids is 1. The lowest BCUT2D eigenvalue weighted by molar-refractivity contribution is -0.137. The van der Waals surface area contributed by atoms with E-state index in [1.165, 1.54) is 4.68 Å². The molecular formula is C30H31F5N8O2. The predicted molar refractivity (Wildman–Crippen MR) is 158 cm³/mol. The van der Waals surface area contributed by atoms with Crippen molar-refractivity contribution in [3.05, 3.63) is 70.2 Å². The SMILES string of the molecule is C/C=C1/CNC(=O)c2c(nc(-c3cc(N)c(F)c(C)c3C(F)(F)F)c(F)c2NCc2nn(C)c3ncccc23)O[C@@H](C)CCN1. The van der Waals surface area contributed by atoms with Crippen molar-refractivity contribution in [2.24, 2.45) is 7.05 Å². The number of hydrogen-bond donors (Lipinski definition) is 4. The van der Waals surface area contributed by atoms with Crippen LogP contribution in [0.15, 0.2) is 36.2 Å². The van der Waals surface area contributed by atoms with Gasteiger partial charge in [0, 0.05) is 42.9 Å². The van der Waals surface area contributed by atoms with Crippen molar-refractivity contribution in [3.8, 4) is 17.1 Å². The van der Waals surface area contributed by atoms with Crippen molar-refractivity contribution in [2.75, 3.05) is 24.1 Å². The monoisotopic (exact) mass is 630 g/mol. The molecule has 0 spiro atoms. The van der Waals surface area contributed by atoms with Gasteiger partial charge in [0.1, 0.15) is 17.1 Å². The Hall–Kier alpha value is -4.95. The Morgan fingerprint density at radius 1 is 1.24 bits per heavy atom. The maximum Gasteiger partial charge on any atom is 0.417 e. The van der Waals surface area contributed by atoms with Gasteiger partial charge in [-0.15, -0.1) is 0 Å². The summed E-state index contributed by atoms with van der Waals surface area (Å²) in [5.41, 5.74) is 2.00. The Balaban J connectivity index is 1.76. The fraction of sp³-hybridized carbons (Fsp3) is 0.333. The lowest BCUT2D eigenvalue weighted by Crippen LogP contribution is -2.31. The average molecular weight is 631 g/mol. The number of nitrogens with zero attached hydrogens (tertiary/aromatic N) is 4. The zero-order valence-electron chi connectivity index (χ0n) is 24.9. The standard InChI is InChI=1S/C30H31F5N8O2/c1-5-16-12-40-28(44)21-26(39-13-20-17-7-6-9-38-27(17)43(4)42-20)24(32)25(41-29(21)45-14(2)8-10-37-16)18-11-19(36)23(31)15(3)22(18)30(33,34)35/h5-7,9,11,14,37H,8,10,12-13,36H2,1-4H3,(H,39,41)(H,40,44)/b16-5-/t14-/m0/s1. The molecule has 15 heteroatoms. The second kappa shape index (κ2) is 12.2. The Bertz CT molecular complexity index is 1820. The molecule has 1 aliphatic rings. The summed E-state index contributed by atoms with van der Waals surface area (Å²) >= 11 is 0. The Morgan fingerprint density at radius 3 is 2.71 bits per heavy atom. The number of nitrogen functional groups attached to an aromatic ring is 1. The molecule has 0 saturated carbocycles. The largest absolute Gasteiger partial charge is 0.474 e. The summed E-state index contributed by atoms with van der Waals surface area (Å²) in [6.07, 6.45) is -1.95. The van der Waals surface area contributed by atoms with Crippen LogP contribution in [0.4, 0.5) is 33.3 Å². The highest BCUT2D eigenvalue weighted by atomic mass is 19.4. The second-order valence-corrected chi connectivity index (χ2v) is 10.6. The van der Waals surface area contributed by atoms with Crippen LogP contribution in [-0.4, -0.2) is 44.8 Å². The van der Waals surface area contributed by atoms with E-state index in [4.69, 9.17) is 10.5 Å². The molecule has 1 atom stereocenters. The van der Waals surface area contributed by atoms with Crippen molar-refractivity contribution in [2.45, 2.75) is 46.0 Å². The fourth-order valence-corrected chi connectivity index (χ4v) is 5.23. The van der Waals surface area contributed by atoms with Crippen LogP contribution in [0, 0.1) is 18.6 Å². The number of aromatic nitrogens is 4. The molecule has 0 bridgehead atoms. The number of halogens is 5. The molecule has 0 radical (unpaired) electrons. The van der Waals surface area contributed by atoms with Crippen LogP contribution in [0.5, 0.6) is 5.88 Å². The molecule has 1 aromatic carbocycles. The third-order valence-electron chi connectivity index (χ3n) is 7.51. The number of anilines is 2. The predicted octanol–water partition coefficient (Wildman–Crippen LogP) is 5.22. The number of amides is 1. The Labute approximate surface area is 254 Å². The highest BCUT2D eigenvalue weighted by Crippen LogP contribution is 2.44. The van der Waals surface area contributed by atoms with Crippen LogP contribution in [-0.2, 0) is 19.8 Å². The summed E-state index contributed by atoms with van der Waals surface area (Å²) in [5, 5.41) is 13.8. The van der Waals surface area contributed by atoms with Gasteiger partial charge in [-0.1, -0.05) is 6.08 Å². The van der Waals surface area contributed by atoms with E-state index in [0.717, 1.165) is 6.92 Å². The number of hydrogen-bond acceptors (Lipinski definition) is 8. The van der Waals surface area contributed by atoms with Gasteiger partial charge in [0.05, 0.1) is 41.8 Å². The highest BCUT2D eigenvalue weighted by Gasteiger charge is 2.40. The van der Waals surface area contributed by atoms with Crippen LogP contribution in [0.2, 0.25) is 0 Å². The number of fused-ring (bicyclic) bond motifs is 2. The molecule has 1 aliphatic heterocycles. The number of alkyl halides is 3. The molecule has 3 aromatic heterocycles. The number of benzene rings is 1. The second-order valence-electron chi connectivity index (χ2n) is 10.6. The number of aryl methyl sites for hydroxylation is 1. The minimum Gasteiger partial charge on any atom is -0.474 e. The number of nitrogens with two attached hydrogens (primary N) is 1. The van der Waals surface area contributed by atoms with E-state index in [9.17, 15) is 22.4 Å². The Morgan fingerprint density at radius 2 is 2.00 bits per heavy atom. The molecule has 238 valence electrons. The first-order valence-electron chi connectivity index (χ1n) is 14.1. The molecule has 0 aliphatic carbocycles. The first-order valence-corrected chi connectivity index (χ1v) is 14.1. The van der Waals surface area contributed by atoms with E-state index in [0.29, 0.717) is 41.5 Å². The smallest absolute Gasteiger partial charge is 0.417 e. The van der Waals surface area contributed by atoms with Gasteiger partial charge >= 0.3 is 6.18 Å². The molecule has 5 N–H and O–H groups in total. The van der Waals surface area contributed by atoms with Crippen LogP contribution < -0.4 is 26.4 Å². The zero-order valence-corrected chi connectivity index (χ0v) is 24.9. The molecule has 45 heavy (non-hydrogen) atoms. The minimum absolute atomic E-state index is 0.0500. The van der Waals surface area contributed by atoms with Gasteiger partial charge in [0.15, 0.2) is 11.5 Å². The van der Waals surface area contributed by atoms with Gasteiger partial charge in [-0.25, -0.2) is 18.7 Å². The summed E-state index contributed by atoms with van der Waals surface area (Å²) in [6, 6.07) is 4.13. The van der Waals surface area contributed by atoms with E-state index in [-0.39, 0.29) is 18.7 Å². The lowest BCUT2D eigenvalue weighted by atomic mass is 9.95. The van der Waals surface area contributed by atoms with Crippen LogP contribution in [0.3, 0.4) is 0 Å². The number of carbonyl (C=O) groups is 1. The normalized spacial score (nSPS) is 16.9. The molecule has 1 amide bonds. The zero-order chi connectivity index (χ0) is 32.6. The van der Waals surface area contributed by atoms with E-state index in [1.807, 2.05) is 0 Å². The van der Waals surface area contributed by atoms with E-state index >= 15 is 4.39 Å². The number of nitrogens with one attached hydrogen (secondary N) is 3. The van der Waals surface area contributed by atoms with Crippen molar-refractivity contribution in [1.29, 1.82) is 0 Å². The summed E-state index contributed by atoms with van der Waals surface area (Å²) in [5.74, 6) is -3.79. The van der Waals surface area contributed by atoms with E-state index < -0.39 is 69.5 Å². The minimum atomic E-state index is -5.10. The average Bonchev–Trinajstić information content (AvgIpc) is 3.30. The Kier molecular flexibility index (Phi) is 8.54. The lowest BCUT2D eigenvalue weighted by Gasteiger charge is -2.22. The number of allylic oxidation sites excluding steroid dienone is 1. The van der Waals surface area contributed by atoms with Crippen molar-refractivity contribution < 1.29 is 31.5 Å². The van der Waals surface area contributed by atoms with Crippen LogP contribution in [0.25, 0.3) is 22.3 Å². The maximum absolute atomic E-state index is 16.7. The van der Waals surface area contributed by atoms with Crippen LogP contribution >= 0.6 is 0 Å². The third-order valence-corrected chi connectivity index (χ3v) is 7.51. The molecule has 10 nitrogen and oxygen atoms in total. The summed E-state index contributed by atoms with van der Waals surface area (Å²) in [6.45, 7) is 4.70. The maximum atomic E-state index is 16.7. The first-order chi connectivity index (χ1) is 21.3. The molecule has 0 fully saturated rings. The van der Waals surface area contributed by atoms with E-state index in [1.54, 1.807) is 45.3 Å². The molecule has 5 rings (SSSR count). The molecule has 4 aromatic rings. The van der Waals surface area contributed by atoms with Crippen LogP contribution in [0.1, 0.15) is 47.4 Å². The van der Waals surface area contributed by atoms with Crippen molar-refractivity contribution in [1.82, 2.24) is 30.4 Å². The topological polar surface area (TPSA) is 132 Å². The van der Waals surface area contributed by atoms with Gasteiger partial charge in [0.25, 0.3) is 5.91 Å². The summed E-state index contributed by atoms with van der Waals surface area (Å²) < 4.78 is 81.9. The van der Waals surface area contributed by atoms with Gasteiger partial charge in [-0.3, -0.25) is 9.48 Å². The summed E-state index contributed by atoms with van der Waals surface area (Å²) in [7, 11) is 1.67. The number of ether oxygens (including phenoxy) is 1. The molecule has 0 saturated heterocycles. The van der Waals surface area contributed by atoms with Gasteiger partial charge in [0.2, 0.25) is 5.88 Å². The van der Waals surface area contributed by atoms with Crippen molar-refractivity contribution in [3.63, 3.8) is 0 Å². The number of pyridine rings is 2. The van der Waals surface area contributed by atoms with Gasteiger partial charge in [-0.2, -0.15) is 18.3 Å². The third kappa shape index (κ3) is 6.06. The first kappa shape index (κ1) is 31.5. The molecule has 0 unspecified atom stereocenters. The van der Waals surface area contributed by atoms with Gasteiger partial charge < -0.3 is 26.4 Å². The van der Waals surface area contributed by atoms with E-state index in [2.05, 4.69) is 31.0 Å². The fourth-order valence-electron chi connectivity index (χ4n) is 5.23. The van der Waals surface area contributed by atoms with Crippen molar-refractivity contribution >= 4 is 28.3 Å². The highest BCUT2D eigenvalue weighted by molar-refractivity contribution is 6.03. The van der Waals surface area contributed by atoms with Gasteiger partial charge in [-0.05, 0) is 44.5 Å². The summed E-state index contributed by atoms with van der Waals surface area (Å²) in [4.78, 5) is 22.1. The number of rotatable bonds is 4. The quantitative estimate of drug-likeness (QED) is 0.178. The molecule has 4 heterocycles.